The van der Waals surface area contributed by atoms with Crippen molar-refractivity contribution in [2.45, 2.75) is 51.6 Å². The summed E-state index contributed by atoms with van der Waals surface area (Å²) in [7, 11) is -3.97. The second-order valence-electron chi connectivity index (χ2n) is 7.35. The van der Waals surface area contributed by atoms with E-state index in [4.69, 9.17) is 0 Å². The van der Waals surface area contributed by atoms with E-state index in [9.17, 15) is 17.2 Å². The van der Waals surface area contributed by atoms with Gasteiger partial charge in [-0.05, 0) is 44.2 Å². The van der Waals surface area contributed by atoms with Gasteiger partial charge in [0.25, 0.3) is 0 Å². The predicted octanol–water partition coefficient (Wildman–Crippen LogP) is 3.61. The predicted molar refractivity (Wildman–Crippen MR) is 104 cm³/mol. The molecule has 1 aliphatic heterocycles. The van der Waals surface area contributed by atoms with Crippen LogP contribution in [0.4, 0.5) is 14.5 Å². The molecule has 9 heteroatoms. The highest BCUT2D eigenvalue weighted by Gasteiger charge is 2.27. The van der Waals surface area contributed by atoms with Gasteiger partial charge in [0.15, 0.2) is 0 Å². The molecule has 0 amide bonds. The molecule has 2 aromatic rings. The lowest BCUT2D eigenvalue weighted by Gasteiger charge is -2.33. The van der Waals surface area contributed by atoms with Crippen molar-refractivity contribution >= 4 is 15.7 Å². The van der Waals surface area contributed by atoms with E-state index in [1.54, 1.807) is 0 Å². The molecule has 0 saturated carbocycles. The van der Waals surface area contributed by atoms with Gasteiger partial charge in [0.1, 0.15) is 4.90 Å². The first kappa shape index (κ1) is 20.7. The molecule has 0 atom stereocenters. The first-order valence-corrected chi connectivity index (χ1v) is 10.9. The number of aryl methyl sites for hydroxylation is 1. The summed E-state index contributed by atoms with van der Waals surface area (Å²) in [6, 6.07) is 7.68. The number of halogens is 2. The molecule has 1 aromatic carbocycles. The maximum absolute atomic E-state index is 13.0. The molecular formula is C19H26F2N4O2S. The third-order valence-electron chi connectivity index (χ3n) is 5.28. The first-order chi connectivity index (χ1) is 13.2. The van der Waals surface area contributed by atoms with Gasteiger partial charge in [0.2, 0.25) is 10.0 Å². The van der Waals surface area contributed by atoms with Crippen molar-refractivity contribution < 1.29 is 17.2 Å². The van der Waals surface area contributed by atoms with E-state index in [1.165, 1.54) is 13.8 Å². The number of hydrogen-bond donors (Lipinski definition) is 1. The monoisotopic (exact) mass is 412 g/mol. The van der Waals surface area contributed by atoms with E-state index in [1.807, 2.05) is 24.3 Å². The van der Waals surface area contributed by atoms with Crippen LogP contribution in [0.15, 0.2) is 29.2 Å². The van der Waals surface area contributed by atoms with Gasteiger partial charge in [-0.1, -0.05) is 25.1 Å². The molecular weight excluding hydrogens is 386 g/mol. The van der Waals surface area contributed by atoms with Gasteiger partial charge in [0, 0.05) is 25.3 Å². The lowest BCUT2D eigenvalue weighted by atomic mass is 9.98. The third-order valence-corrected chi connectivity index (χ3v) is 6.93. The summed E-state index contributed by atoms with van der Waals surface area (Å²) in [5.74, 6) is 0.694. The number of piperidine rings is 1. The van der Waals surface area contributed by atoms with Crippen LogP contribution < -0.4 is 9.62 Å². The summed E-state index contributed by atoms with van der Waals surface area (Å²) in [6.07, 6.45) is 2.20. The number of nitrogens with one attached hydrogen (secondary N) is 1. The lowest BCUT2D eigenvalue weighted by Crippen LogP contribution is -2.34. The second-order valence-corrected chi connectivity index (χ2v) is 9.05. The van der Waals surface area contributed by atoms with Gasteiger partial charge in [-0.2, -0.15) is 13.9 Å². The molecule has 2 heterocycles. The molecule has 1 saturated heterocycles. The number of sulfonamides is 1. The Morgan fingerprint density at radius 2 is 1.86 bits per heavy atom. The van der Waals surface area contributed by atoms with Crippen LogP contribution in [0.1, 0.15) is 43.3 Å². The van der Waals surface area contributed by atoms with Crippen LogP contribution in [0.5, 0.6) is 0 Å². The summed E-state index contributed by atoms with van der Waals surface area (Å²) >= 11 is 0. The molecule has 0 spiro atoms. The summed E-state index contributed by atoms with van der Waals surface area (Å²) in [6.45, 7) is 4.07. The van der Waals surface area contributed by atoms with Gasteiger partial charge in [0.05, 0.1) is 11.4 Å². The SMILES string of the molecule is Cc1nn(C(F)F)c(C)c1S(=O)(=O)NCc1ccccc1N1CCC(C)CC1. The maximum atomic E-state index is 13.0. The molecule has 6 nitrogen and oxygen atoms in total. The largest absolute Gasteiger partial charge is 0.371 e. The average molecular weight is 413 g/mol. The minimum Gasteiger partial charge on any atom is -0.371 e. The highest BCUT2D eigenvalue weighted by atomic mass is 32.2. The number of nitrogens with zero attached hydrogens (tertiary/aromatic N) is 3. The molecule has 1 aliphatic rings. The molecule has 154 valence electrons. The van der Waals surface area contributed by atoms with Crippen molar-refractivity contribution in [1.29, 1.82) is 0 Å². The van der Waals surface area contributed by atoms with Crippen molar-refractivity contribution in [2.75, 3.05) is 18.0 Å². The lowest BCUT2D eigenvalue weighted by molar-refractivity contribution is 0.0538. The fourth-order valence-electron chi connectivity index (χ4n) is 3.69. The molecule has 0 radical (unpaired) electrons. The van der Waals surface area contributed by atoms with E-state index in [0.717, 1.165) is 37.2 Å². The molecule has 0 bridgehead atoms. The zero-order chi connectivity index (χ0) is 20.5. The van der Waals surface area contributed by atoms with Crippen LogP contribution in [0.2, 0.25) is 0 Å². The van der Waals surface area contributed by atoms with Crippen LogP contribution >= 0.6 is 0 Å². The van der Waals surface area contributed by atoms with E-state index in [0.29, 0.717) is 10.6 Å². The van der Waals surface area contributed by atoms with Gasteiger partial charge in [-0.15, -0.1) is 0 Å². The Kier molecular flexibility index (Phi) is 6.04. The zero-order valence-electron chi connectivity index (χ0n) is 16.3. The number of alkyl halides is 2. The van der Waals surface area contributed by atoms with Crippen molar-refractivity contribution in [2.24, 2.45) is 5.92 Å². The Labute approximate surface area is 164 Å². The van der Waals surface area contributed by atoms with Gasteiger partial charge >= 0.3 is 6.55 Å². The van der Waals surface area contributed by atoms with Gasteiger partial charge in [-0.3, -0.25) is 0 Å². The topological polar surface area (TPSA) is 67.2 Å². The molecule has 3 rings (SSSR count). The van der Waals surface area contributed by atoms with E-state index in [2.05, 4.69) is 21.6 Å². The van der Waals surface area contributed by atoms with E-state index in [-0.39, 0.29) is 22.8 Å². The summed E-state index contributed by atoms with van der Waals surface area (Å²) < 4.78 is 54.6. The summed E-state index contributed by atoms with van der Waals surface area (Å²) in [4.78, 5) is 2.09. The highest BCUT2D eigenvalue weighted by molar-refractivity contribution is 7.89. The van der Waals surface area contributed by atoms with E-state index < -0.39 is 16.6 Å². The smallest absolute Gasteiger partial charge is 0.333 e. The Morgan fingerprint density at radius 1 is 1.21 bits per heavy atom. The Hall–Kier alpha value is -2.00. The molecule has 1 aromatic heterocycles. The third kappa shape index (κ3) is 4.20. The fourth-order valence-corrected chi connectivity index (χ4v) is 5.09. The number of para-hydroxylation sites is 1. The normalized spacial score (nSPS) is 16.1. The number of aromatic nitrogens is 2. The maximum Gasteiger partial charge on any atom is 0.333 e. The van der Waals surface area contributed by atoms with Crippen LogP contribution in [-0.4, -0.2) is 31.3 Å². The Bertz CT molecular complexity index is 935. The van der Waals surface area contributed by atoms with Crippen molar-refractivity contribution in [1.82, 2.24) is 14.5 Å². The van der Waals surface area contributed by atoms with Gasteiger partial charge in [-0.25, -0.2) is 17.8 Å². The second kappa shape index (κ2) is 8.16. The Balaban J connectivity index is 1.81. The van der Waals surface area contributed by atoms with Crippen molar-refractivity contribution in [3.63, 3.8) is 0 Å². The zero-order valence-corrected chi connectivity index (χ0v) is 17.1. The van der Waals surface area contributed by atoms with Crippen molar-refractivity contribution in [3.8, 4) is 0 Å². The molecule has 0 unspecified atom stereocenters. The minimum atomic E-state index is -3.97. The quantitative estimate of drug-likeness (QED) is 0.787. The molecule has 1 fully saturated rings. The Morgan fingerprint density at radius 3 is 2.46 bits per heavy atom. The van der Waals surface area contributed by atoms with Crippen LogP contribution in [0.3, 0.4) is 0 Å². The molecule has 28 heavy (non-hydrogen) atoms. The number of rotatable bonds is 6. The minimum absolute atomic E-state index is 0.0589. The fraction of sp³-hybridized carbons (Fsp3) is 0.526. The number of hydrogen-bond acceptors (Lipinski definition) is 4. The summed E-state index contributed by atoms with van der Waals surface area (Å²) in [5, 5.41) is 3.67. The standard InChI is InChI=1S/C19H26F2N4O2S/c1-13-8-10-24(11-9-13)17-7-5-4-6-16(17)12-22-28(26,27)18-14(2)23-25(15(18)3)19(20)21/h4-7,13,19,22H,8-12H2,1-3H3. The van der Waals surface area contributed by atoms with Crippen LogP contribution in [0.25, 0.3) is 0 Å². The van der Waals surface area contributed by atoms with Crippen LogP contribution in [-0.2, 0) is 16.6 Å². The van der Waals surface area contributed by atoms with Crippen LogP contribution in [0, 0.1) is 19.8 Å². The molecule has 1 N–H and O–H groups in total. The average Bonchev–Trinajstić information content (AvgIpc) is 2.96. The summed E-state index contributed by atoms with van der Waals surface area (Å²) in [5.41, 5.74) is 1.85. The van der Waals surface area contributed by atoms with E-state index >= 15 is 0 Å². The van der Waals surface area contributed by atoms with Crippen molar-refractivity contribution in [3.05, 3.63) is 41.2 Å². The molecule has 0 aliphatic carbocycles. The number of benzene rings is 1. The number of anilines is 1. The first-order valence-electron chi connectivity index (χ1n) is 9.37. The highest BCUT2D eigenvalue weighted by Crippen LogP contribution is 2.27. The van der Waals surface area contributed by atoms with Gasteiger partial charge < -0.3 is 4.90 Å².